The van der Waals surface area contributed by atoms with E-state index in [0.717, 1.165) is 6.33 Å². The van der Waals surface area contributed by atoms with Crippen LogP contribution in [0.5, 0.6) is 0 Å². The molecule has 0 aliphatic rings. The Balaban J connectivity index is 2.76. The van der Waals surface area contributed by atoms with E-state index in [1.165, 1.54) is 0 Å². The number of aromatic nitrogens is 2. The van der Waals surface area contributed by atoms with Gasteiger partial charge >= 0.3 is 0 Å². The van der Waals surface area contributed by atoms with E-state index in [0.29, 0.717) is 12.1 Å². The highest BCUT2D eigenvalue weighted by Gasteiger charge is 2.19. The molecule has 0 saturated carbocycles. The van der Waals surface area contributed by atoms with Crippen molar-refractivity contribution in [3.05, 3.63) is 51.8 Å². The maximum absolute atomic E-state index is 13.7. The lowest BCUT2D eigenvalue weighted by molar-refractivity contribution is 0.496. The Morgan fingerprint density at radius 3 is 2.37 bits per heavy atom. The first-order valence-electron chi connectivity index (χ1n) is 5.64. The second kappa shape index (κ2) is 4.87. The van der Waals surface area contributed by atoms with E-state index >= 15 is 0 Å². The second-order valence-corrected chi connectivity index (χ2v) is 4.39. The Labute approximate surface area is 107 Å². The van der Waals surface area contributed by atoms with Crippen molar-refractivity contribution in [1.29, 1.82) is 0 Å². The minimum atomic E-state index is -1.28. The van der Waals surface area contributed by atoms with Crippen LogP contribution in [0.1, 0.15) is 25.3 Å². The van der Waals surface area contributed by atoms with Crippen molar-refractivity contribution in [2.45, 2.75) is 19.8 Å². The van der Waals surface area contributed by atoms with Gasteiger partial charge in [0.05, 0.1) is 12.0 Å². The fraction of sp³-hybridized carbons (Fsp3) is 0.231. The molecule has 6 heteroatoms. The van der Waals surface area contributed by atoms with Crippen LogP contribution in [0.4, 0.5) is 13.2 Å². The molecular formula is C13H11F3N2O. The van der Waals surface area contributed by atoms with Crippen LogP contribution in [0.3, 0.4) is 0 Å². The first kappa shape index (κ1) is 13.3. The van der Waals surface area contributed by atoms with E-state index in [1.54, 1.807) is 13.8 Å². The van der Waals surface area contributed by atoms with Gasteiger partial charge in [0, 0.05) is 17.2 Å². The fourth-order valence-electron chi connectivity index (χ4n) is 1.86. The van der Waals surface area contributed by atoms with Crippen molar-refractivity contribution < 1.29 is 13.2 Å². The van der Waals surface area contributed by atoms with Crippen LogP contribution in [0.25, 0.3) is 11.3 Å². The van der Waals surface area contributed by atoms with Crippen molar-refractivity contribution in [2.24, 2.45) is 0 Å². The van der Waals surface area contributed by atoms with Gasteiger partial charge in [-0.05, 0) is 12.0 Å². The minimum absolute atomic E-state index is 0.0233. The number of H-pyrrole nitrogens is 1. The maximum Gasteiger partial charge on any atom is 0.254 e. The molecule has 0 saturated heterocycles. The number of nitrogens with zero attached hydrogens (tertiary/aromatic N) is 1. The second-order valence-electron chi connectivity index (χ2n) is 4.39. The average Bonchev–Trinajstić information content (AvgIpc) is 2.33. The molecule has 0 spiro atoms. The van der Waals surface area contributed by atoms with E-state index in [9.17, 15) is 18.0 Å². The van der Waals surface area contributed by atoms with Gasteiger partial charge in [-0.25, -0.2) is 18.2 Å². The summed E-state index contributed by atoms with van der Waals surface area (Å²) in [7, 11) is 0. The molecule has 0 fully saturated rings. The predicted octanol–water partition coefficient (Wildman–Crippen LogP) is 2.98. The molecule has 2 aromatic rings. The van der Waals surface area contributed by atoms with Gasteiger partial charge in [0.25, 0.3) is 5.56 Å². The lowest BCUT2D eigenvalue weighted by atomic mass is 9.98. The van der Waals surface area contributed by atoms with Crippen molar-refractivity contribution >= 4 is 0 Å². The standard InChI is InChI=1S/C13H11F3N2O/c1-6(2)11-12(17-5-18-13(11)19)7-3-9(15)10(16)4-8(7)14/h3-6H,1-2H3,(H,17,18,19). The Morgan fingerprint density at radius 2 is 1.74 bits per heavy atom. The molecule has 1 aromatic heterocycles. The van der Waals surface area contributed by atoms with Gasteiger partial charge in [-0.3, -0.25) is 4.79 Å². The minimum Gasteiger partial charge on any atom is -0.313 e. The van der Waals surface area contributed by atoms with E-state index in [4.69, 9.17) is 0 Å². The maximum atomic E-state index is 13.7. The van der Waals surface area contributed by atoms with Gasteiger partial charge in [-0.2, -0.15) is 0 Å². The van der Waals surface area contributed by atoms with Crippen molar-refractivity contribution in [3.8, 4) is 11.3 Å². The van der Waals surface area contributed by atoms with E-state index in [2.05, 4.69) is 9.97 Å². The van der Waals surface area contributed by atoms with Gasteiger partial charge in [0.1, 0.15) is 5.82 Å². The third-order valence-corrected chi connectivity index (χ3v) is 2.73. The lowest BCUT2D eigenvalue weighted by Gasteiger charge is -2.11. The monoisotopic (exact) mass is 268 g/mol. The number of nitrogens with one attached hydrogen (secondary N) is 1. The molecule has 100 valence electrons. The summed E-state index contributed by atoms with van der Waals surface area (Å²) < 4.78 is 39.9. The normalized spacial score (nSPS) is 11.1. The summed E-state index contributed by atoms with van der Waals surface area (Å²) in [5.41, 5.74) is -0.402. The van der Waals surface area contributed by atoms with Crippen molar-refractivity contribution in [1.82, 2.24) is 9.97 Å². The molecule has 0 unspecified atom stereocenters. The molecular weight excluding hydrogens is 257 g/mol. The van der Waals surface area contributed by atoms with Gasteiger partial charge in [0.15, 0.2) is 11.6 Å². The molecule has 3 nitrogen and oxygen atoms in total. The molecule has 0 aliphatic carbocycles. The summed E-state index contributed by atoms with van der Waals surface area (Å²) >= 11 is 0. The van der Waals surface area contributed by atoms with E-state index < -0.39 is 23.0 Å². The molecule has 0 amide bonds. The quantitative estimate of drug-likeness (QED) is 0.851. The number of hydrogen-bond acceptors (Lipinski definition) is 2. The molecule has 1 aromatic carbocycles. The van der Waals surface area contributed by atoms with Gasteiger partial charge in [-0.15, -0.1) is 0 Å². The Hall–Kier alpha value is -2.11. The van der Waals surface area contributed by atoms with Crippen LogP contribution in [0, 0.1) is 17.5 Å². The van der Waals surface area contributed by atoms with Gasteiger partial charge < -0.3 is 4.98 Å². The molecule has 0 bridgehead atoms. The SMILES string of the molecule is CC(C)c1c(-c2cc(F)c(F)cc2F)nc[nH]c1=O. The highest BCUT2D eigenvalue weighted by molar-refractivity contribution is 5.64. The van der Waals surface area contributed by atoms with Crippen LogP contribution >= 0.6 is 0 Å². The highest BCUT2D eigenvalue weighted by Crippen LogP contribution is 2.28. The third-order valence-electron chi connectivity index (χ3n) is 2.73. The van der Waals surface area contributed by atoms with Gasteiger partial charge in [-0.1, -0.05) is 13.8 Å². The van der Waals surface area contributed by atoms with Gasteiger partial charge in [0.2, 0.25) is 0 Å². The number of aromatic amines is 1. The number of halogens is 3. The molecule has 0 radical (unpaired) electrons. The number of hydrogen-bond donors (Lipinski definition) is 1. The molecule has 0 atom stereocenters. The third kappa shape index (κ3) is 2.38. The van der Waals surface area contributed by atoms with Crippen LogP contribution in [0.15, 0.2) is 23.3 Å². The molecule has 2 rings (SSSR count). The smallest absolute Gasteiger partial charge is 0.254 e. The Bertz CT molecular complexity index is 680. The van der Waals surface area contributed by atoms with Crippen LogP contribution < -0.4 is 5.56 Å². The molecule has 1 heterocycles. The van der Waals surface area contributed by atoms with Crippen molar-refractivity contribution in [3.63, 3.8) is 0 Å². The van der Waals surface area contributed by atoms with E-state index in [-0.39, 0.29) is 22.7 Å². The number of benzene rings is 1. The van der Waals surface area contributed by atoms with Crippen LogP contribution in [-0.4, -0.2) is 9.97 Å². The van der Waals surface area contributed by atoms with E-state index in [1.807, 2.05) is 0 Å². The molecule has 1 N–H and O–H groups in total. The molecule has 0 aliphatic heterocycles. The summed E-state index contributed by atoms with van der Waals surface area (Å²) in [6.45, 7) is 3.46. The zero-order chi connectivity index (χ0) is 14.2. The summed E-state index contributed by atoms with van der Waals surface area (Å²) in [5.74, 6) is -3.66. The van der Waals surface area contributed by atoms with Crippen molar-refractivity contribution in [2.75, 3.05) is 0 Å². The summed E-state index contributed by atoms with van der Waals surface area (Å²) in [5, 5.41) is 0. The topological polar surface area (TPSA) is 45.8 Å². The van der Waals surface area contributed by atoms with Crippen LogP contribution in [-0.2, 0) is 0 Å². The summed E-state index contributed by atoms with van der Waals surface area (Å²) in [6.07, 6.45) is 1.10. The average molecular weight is 268 g/mol. The highest BCUT2D eigenvalue weighted by atomic mass is 19.2. The zero-order valence-electron chi connectivity index (χ0n) is 10.3. The predicted molar refractivity (Wildman–Crippen MR) is 64.3 cm³/mol. The fourth-order valence-corrected chi connectivity index (χ4v) is 1.86. The number of rotatable bonds is 2. The summed E-state index contributed by atoms with van der Waals surface area (Å²) in [6, 6.07) is 1.15. The van der Waals surface area contributed by atoms with Crippen LogP contribution in [0.2, 0.25) is 0 Å². The molecule has 19 heavy (non-hydrogen) atoms. The largest absolute Gasteiger partial charge is 0.313 e. The lowest BCUT2D eigenvalue weighted by Crippen LogP contribution is -2.16. The summed E-state index contributed by atoms with van der Waals surface area (Å²) in [4.78, 5) is 18.0. The first-order valence-corrected chi connectivity index (χ1v) is 5.64. The Kier molecular flexibility index (Phi) is 3.42. The zero-order valence-corrected chi connectivity index (χ0v) is 10.3. The first-order chi connectivity index (χ1) is 8.91. The Morgan fingerprint density at radius 1 is 1.11 bits per heavy atom.